The number of hydrogen-bond acceptors (Lipinski definition) is 2. The molecule has 2 nitrogen and oxygen atoms in total. The van der Waals surface area contributed by atoms with Gasteiger partial charge in [0.05, 0.1) is 6.61 Å². The fraction of sp³-hybridized carbons (Fsp3) is 0.200. The third kappa shape index (κ3) is 2.92. The van der Waals surface area contributed by atoms with Gasteiger partial charge in [-0.15, -0.1) is 0 Å². The molecule has 94 valence electrons. The molecule has 3 heteroatoms. The Balaban J connectivity index is 2.22. The zero-order valence-corrected chi connectivity index (χ0v) is 11.9. The van der Waals surface area contributed by atoms with Crippen LogP contribution in [-0.4, -0.2) is 12.2 Å². The van der Waals surface area contributed by atoms with Crippen LogP contribution < -0.4 is 4.90 Å². The minimum absolute atomic E-state index is 0.0659. The molecule has 0 radical (unpaired) electrons. The number of rotatable bonds is 4. The van der Waals surface area contributed by atoms with Gasteiger partial charge >= 0.3 is 0 Å². The molecular formula is C15H16BrNO. The minimum atomic E-state index is 0.0659. The number of aliphatic hydroxyl groups is 1. The van der Waals surface area contributed by atoms with Crippen molar-refractivity contribution in [2.45, 2.75) is 13.2 Å². The minimum Gasteiger partial charge on any atom is -0.392 e. The van der Waals surface area contributed by atoms with Gasteiger partial charge in [-0.25, -0.2) is 0 Å². The van der Waals surface area contributed by atoms with Crippen LogP contribution in [-0.2, 0) is 13.2 Å². The van der Waals surface area contributed by atoms with Crippen molar-refractivity contribution in [1.29, 1.82) is 0 Å². The molecular weight excluding hydrogens is 290 g/mol. The van der Waals surface area contributed by atoms with Gasteiger partial charge < -0.3 is 10.0 Å². The maximum absolute atomic E-state index is 9.35. The first-order valence-electron chi connectivity index (χ1n) is 5.85. The third-order valence-electron chi connectivity index (χ3n) is 2.94. The van der Waals surface area contributed by atoms with Crippen LogP contribution in [0, 0.1) is 0 Å². The van der Waals surface area contributed by atoms with E-state index in [1.54, 1.807) is 0 Å². The van der Waals surface area contributed by atoms with E-state index < -0.39 is 0 Å². The summed E-state index contributed by atoms with van der Waals surface area (Å²) >= 11 is 3.56. The number of nitrogens with zero attached hydrogens (tertiary/aromatic N) is 1. The molecule has 0 aliphatic heterocycles. The first kappa shape index (κ1) is 13.1. The molecule has 0 unspecified atom stereocenters. The first-order chi connectivity index (χ1) is 8.72. The number of aliphatic hydroxyl groups excluding tert-OH is 1. The molecule has 2 aromatic carbocycles. The second-order valence-electron chi connectivity index (χ2n) is 4.23. The molecule has 0 saturated carbocycles. The summed E-state index contributed by atoms with van der Waals surface area (Å²) in [6.45, 7) is 0.870. The largest absolute Gasteiger partial charge is 0.392 e. The Hall–Kier alpha value is -1.32. The Labute approximate surface area is 116 Å². The Morgan fingerprint density at radius 2 is 1.61 bits per heavy atom. The Kier molecular flexibility index (Phi) is 4.39. The van der Waals surface area contributed by atoms with Crippen molar-refractivity contribution in [3.8, 4) is 0 Å². The van der Waals surface area contributed by atoms with Crippen LogP contribution in [0.25, 0.3) is 0 Å². The van der Waals surface area contributed by atoms with Gasteiger partial charge in [0.1, 0.15) is 0 Å². The van der Waals surface area contributed by atoms with Crippen molar-refractivity contribution < 1.29 is 5.11 Å². The second kappa shape index (κ2) is 6.03. The molecule has 1 N–H and O–H groups in total. The number of halogens is 1. The summed E-state index contributed by atoms with van der Waals surface area (Å²) in [5.41, 5.74) is 3.25. The van der Waals surface area contributed by atoms with E-state index in [1.807, 2.05) is 49.5 Å². The summed E-state index contributed by atoms with van der Waals surface area (Å²) in [6, 6.07) is 16.1. The average molecular weight is 306 g/mol. The predicted molar refractivity (Wildman–Crippen MR) is 78.6 cm³/mol. The van der Waals surface area contributed by atoms with Crippen molar-refractivity contribution in [1.82, 2.24) is 0 Å². The third-order valence-corrected chi connectivity index (χ3v) is 3.71. The van der Waals surface area contributed by atoms with Crippen molar-refractivity contribution >= 4 is 21.6 Å². The monoisotopic (exact) mass is 305 g/mol. The lowest BCUT2D eigenvalue weighted by Crippen LogP contribution is -2.18. The highest BCUT2D eigenvalue weighted by atomic mass is 79.9. The van der Waals surface area contributed by atoms with Crippen LogP contribution in [0.2, 0.25) is 0 Å². The number of hydrogen-bond donors (Lipinski definition) is 1. The molecule has 0 aliphatic carbocycles. The maximum atomic E-state index is 9.35. The van der Waals surface area contributed by atoms with Gasteiger partial charge in [-0.3, -0.25) is 0 Å². The summed E-state index contributed by atoms with van der Waals surface area (Å²) in [7, 11) is 2.04. The van der Waals surface area contributed by atoms with Gasteiger partial charge in [-0.1, -0.05) is 52.3 Å². The highest BCUT2D eigenvalue weighted by Gasteiger charge is 2.08. The molecule has 0 heterocycles. The molecule has 0 spiro atoms. The van der Waals surface area contributed by atoms with Crippen LogP contribution in [0.5, 0.6) is 0 Å². The number of para-hydroxylation sites is 1. The summed E-state index contributed by atoms with van der Waals surface area (Å²) in [4.78, 5) is 2.14. The molecule has 2 aromatic rings. The van der Waals surface area contributed by atoms with E-state index in [2.05, 4.69) is 26.9 Å². The van der Waals surface area contributed by atoms with E-state index in [4.69, 9.17) is 0 Å². The highest BCUT2D eigenvalue weighted by Crippen LogP contribution is 2.23. The lowest BCUT2D eigenvalue weighted by Gasteiger charge is -2.22. The van der Waals surface area contributed by atoms with E-state index in [9.17, 15) is 5.11 Å². The highest BCUT2D eigenvalue weighted by molar-refractivity contribution is 9.10. The van der Waals surface area contributed by atoms with Crippen LogP contribution in [0.4, 0.5) is 5.69 Å². The van der Waals surface area contributed by atoms with Crippen molar-refractivity contribution in [3.63, 3.8) is 0 Å². The van der Waals surface area contributed by atoms with Crippen LogP contribution in [0.15, 0.2) is 53.0 Å². The molecule has 0 saturated heterocycles. The molecule has 2 rings (SSSR count). The van der Waals surface area contributed by atoms with E-state index in [-0.39, 0.29) is 6.61 Å². The fourth-order valence-electron chi connectivity index (χ4n) is 1.98. The lowest BCUT2D eigenvalue weighted by atomic mass is 10.1. The molecule has 0 bridgehead atoms. The second-order valence-corrected chi connectivity index (χ2v) is 5.09. The fourth-order valence-corrected chi connectivity index (χ4v) is 2.39. The lowest BCUT2D eigenvalue weighted by molar-refractivity contribution is 0.282. The Bertz CT molecular complexity index is 527. The molecule has 0 fully saturated rings. The molecule has 0 atom stereocenters. The SMILES string of the molecule is CN(Cc1ccccc1Br)c1ccccc1CO. The summed E-state index contributed by atoms with van der Waals surface area (Å²) in [6.07, 6.45) is 0. The first-order valence-corrected chi connectivity index (χ1v) is 6.65. The van der Waals surface area contributed by atoms with Crippen molar-refractivity contribution in [2.75, 3.05) is 11.9 Å². The van der Waals surface area contributed by atoms with Gasteiger partial charge in [0, 0.05) is 29.3 Å². The van der Waals surface area contributed by atoms with Gasteiger partial charge in [-0.2, -0.15) is 0 Å². The van der Waals surface area contributed by atoms with Gasteiger partial charge in [-0.05, 0) is 17.7 Å². The number of anilines is 1. The van der Waals surface area contributed by atoms with E-state index >= 15 is 0 Å². The van der Waals surface area contributed by atoms with Crippen LogP contribution in [0.1, 0.15) is 11.1 Å². The topological polar surface area (TPSA) is 23.5 Å². The van der Waals surface area contributed by atoms with Gasteiger partial charge in [0.15, 0.2) is 0 Å². The smallest absolute Gasteiger partial charge is 0.0702 e. The zero-order valence-electron chi connectivity index (χ0n) is 10.3. The maximum Gasteiger partial charge on any atom is 0.0702 e. The number of benzene rings is 2. The summed E-state index contributed by atoms with van der Waals surface area (Å²) in [5, 5.41) is 9.35. The molecule has 18 heavy (non-hydrogen) atoms. The van der Waals surface area contributed by atoms with Crippen molar-refractivity contribution in [2.24, 2.45) is 0 Å². The standard InChI is InChI=1S/C15H16BrNO/c1-17(10-12-6-2-4-8-14(12)16)15-9-5-3-7-13(15)11-18/h2-9,18H,10-11H2,1H3. The molecule has 0 aliphatic rings. The molecule has 0 amide bonds. The Morgan fingerprint density at radius 3 is 2.28 bits per heavy atom. The predicted octanol–water partition coefficient (Wildman–Crippen LogP) is 3.58. The van der Waals surface area contributed by atoms with E-state index in [0.29, 0.717) is 0 Å². The average Bonchev–Trinajstić information content (AvgIpc) is 2.41. The van der Waals surface area contributed by atoms with Crippen LogP contribution in [0.3, 0.4) is 0 Å². The van der Waals surface area contributed by atoms with Crippen LogP contribution >= 0.6 is 15.9 Å². The van der Waals surface area contributed by atoms with Crippen molar-refractivity contribution in [3.05, 3.63) is 64.1 Å². The summed E-state index contributed by atoms with van der Waals surface area (Å²) in [5.74, 6) is 0. The summed E-state index contributed by atoms with van der Waals surface area (Å²) < 4.78 is 1.11. The molecule has 0 aromatic heterocycles. The normalized spacial score (nSPS) is 10.4. The van der Waals surface area contributed by atoms with Gasteiger partial charge in [0.2, 0.25) is 0 Å². The Morgan fingerprint density at radius 1 is 1.00 bits per heavy atom. The van der Waals surface area contributed by atoms with E-state index in [1.165, 1.54) is 5.56 Å². The quantitative estimate of drug-likeness (QED) is 0.933. The van der Waals surface area contributed by atoms with Gasteiger partial charge in [0.25, 0.3) is 0 Å². The zero-order chi connectivity index (χ0) is 13.0. The van der Waals surface area contributed by atoms with E-state index in [0.717, 1.165) is 22.3 Å².